The molecule has 1 aliphatic rings. The third-order valence-corrected chi connectivity index (χ3v) is 5.10. The number of halogens is 2. The van der Waals surface area contributed by atoms with Gasteiger partial charge in [-0.05, 0) is 54.8 Å². The first-order chi connectivity index (χ1) is 14.2. The average molecular weight is 420 g/mol. The van der Waals surface area contributed by atoms with E-state index < -0.39 is 24.1 Å². The number of rotatable bonds is 7. The monoisotopic (exact) mass is 420 g/mol. The summed E-state index contributed by atoms with van der Waals surface area (Å²) in [6.45, 7) is 0.507. The molecule has 0 radical (unpaired) electrons. The molecule has 0 aliphatic carbocycles. The maximum Gasteiger partial charge on any atom is 0.387 e. The molecule has 1 atom stereocenters. The summed E-state index contributed by atoms with van der Waals surface area (Å²) in [5, 5.41) is 2.69. The Morgan fingerprint density at radius 3 is 2.23 bits per heavy atom. The number of carbonyl (C=O) groups is 2. The third kappa shape index (κ3) is 3.87. The molecule has 0 saturated carbocycles. The molecule has 1 heterocycles. The molecule has 160 valence electrons. The first-order valence-corrected chi connectivity index (χ1v) is 9.10. The summed E-state index contributed by atoms with van der Waals surface area (Å²) < 4.78 is 39.6. The van der Waals surface area contributed by atoms with Crippen molar-refractivity contribution in [1.29, 1.82) is 0 Å². The fraction of sp³-hybridized carbons (Fsp3) is 0.333. The van der Waals surface area contributed by atoms with Crippen molar-refractivity contribution < 1.29 is 32.6 Å². The third-order valence-electron chi connectivity index (χ3n) is 5.10. The van der Waals surface area contributed by atoms with Gasteiger partial charge in [0, 0.05) is 0 Å². The molecule has 1 N–H and O–H groups in total. The highest BCUT2D eigenvalue weighted by Gasteiger charge is 2.49. The normalized spacial score (nSPS) is 18.6. The topological polar surface area (TPSA) is 77.1 Å². The van der Waals surface area contributed by atoms with Crippen LogP contribution in [0.3, 0.4) is 0 Å². The fourth-order valence-electron chi connectivity index (χ4n) is 3.37. The molecule has 0 spiro atoms. The van der Waals surface area contributed by atoms with E-state index in [4.69, 9.17) is 9.47 Å². The van der Waals surface area contributed by atoms with Crippen molar-refractivity contribution >= 4 is 11.9 Å². The summed E-state index contributed by atoms with van der Waals surface area (Å²) in [7, 11) is 3.03. The minimum Gasteiger partial charge on any atom is -0.493 e. The number of methoxy groups -OCH3 is 2. The number of nitrogens with one attached hydrogen (secondary N) is 1. The highest BCUT2D eigenvalue weighted by Crippen LogP contribution is 2.34. The molecule has 9 heteroatoms. The van der Waals surface area contributed by atoms with E-state index in [1.165, 1.54) is 38.5 Å². The zero-order valence-corrected chi connectivity index (χ0v) is 17.0. The van der Waals surface area contributed by atoms with Gasteiger partial charge < -0.3 is 19.5 Å². The quantitative estimate of drug-likeness (QED) is 0.693. The molecule has 1 saturated heterocycles. The Labute approximate surface area is 172 Å². The Kier molecular flexibility index (Phi) is 5.82. The maximum absolute atomic E-state index is 13.1. The molecule has 7 nitrogen and oxygen atoms in total. The van der Waals surface area contributed by atoms with Gasteiger partial charge in [-0.2, -0.15) is 8.78 Å². The van der Waals surface area contributed by atoms with Crippen LogP contribution >= 0.6 is 0 Å². The smallest absolute Gasteiger partial charge is 0.387 e. The predicted octanol–water partition coefficient (Wildman–Crippen LogP) is 3.58. The number of carbonyl (C=O) groups excluding carboxylic acids is 2. The van der Waals surface area contributed by atoms with E-state index in [1.54, 1.807) is 19.1 Å². The molecule has 3 rings (SSSR count). The first-order valence-electron chi connectivity index (χ1n) is 9.10. The lowest BCUT2D eigenvalue weighted by molar-refractivity contribution is -0.131. The minimum atomic E-state index is -2.94. The largest absolute Gasteiger partial charge is 0.493 e. The van der Waals surface area contributed by atoms with Crippen molar-refractivity contribution in [3.8, 4) is 17.2 Å². The van der Waals surface area contributed by atoms with Crippen molar-refractivity contribution in [3.05, 3.63) is 53.1 Å². The number of benzene rings is 2. The lowest BCUT2D eigenvalue weighted by atomic mass is 9.92. The highest BCUT2D eigenvalue weighted by atomic mass is 19.3. The second-order valence-electron chi connectivity index (χ2n) is 6.98. The lowest BCUT2D eigenvalue weighted by Gasteiger charge is -2.23. The van der Waals surface area contributed by atoms with Crippen molar-refractivity contribution in [2.24, 2.45) is 0 Å². The molecule has 30 heavy (non-hydrogen) atoms. The van der Waals surface area contributed by atoms with Gasteiger partial charge in [0.25, 0.3) is 5.91 Å². The molecule has 0 bridgehead atoms. The standard InChI is InChI=1S/C21H22F2N2O5/c1-12-9-16(28-3)17(29-4)10-13(12)11-25-18(26)21(2,24-20(25)27)14-5-7-15(8-6-14)30-19(22)23/h5-10,19H,11H2,1-4H3,(H,24,27)/t21-/m1/s1. The maximum atomic E-state index is 13.1. The Balaban J connectivity index is 1.86. The molecular formula is C21H22F2N2O5. The number of ether oxygens (including phenoxy) is 3. The Morgan fingerprint density at radius 1 is 1.07 bits per heavy atom. The van der Waals surface area contributed by atoms with Crippen molar-refractivity contribution in [2.45, 2.75) is 32.5 Å². The van der Waals surface area contributed by atoms with Crippen molar-refractivity contribution in [2.75, 3.05) is 14.2 Å². The van der Waals surface area contributed by atoms with E-state index in [2.05, 4.69) is 10.1 Å². The number of hydrogen-bond acceptors (Lipinski definition) is 5. The summed E-state index contributed by atoms with van der Waals surface area (Å²) >= 11 is 0. The number of nitrogens with zero attached hydrogens (tertiary/aromatic N) is 1. The Bertz CT molecular complexity index is 965. The number of amides is 3. The summed E-state index contributed by atoms with van der Waals surface area (Å²) in [5.74, 6) is 0.547. The van der Waals surface area contributed by atoms with E-state index in [0.717, 1.165) is 16.0 Å². The van der Waals surface area contributed by atoms with E-state index in [0.29, 0.717) is 17.1 Å². The van der Waals surface area contributed by atoms with Crippen LogP contribution in [0.1, 0.15) is 23.6 Å². The Morgan fingerprint density at radius 2 is 1.67 bits per heavy atom. The summed E-state index contributed by atoms with van der Waals surface area (Å²) in [6.07, 6.45) is 0. The number of imide groups is 1. The van der Waals surface area contributed by atoms with Gasteiger partial charge in [0.05, 0.1) is 20.8 Å². The van der Waals surface area contributed by atoms with E-state index in [1.807, 2.05) is 6.92 Å². The van der Waals surface area contributed by atoms with Crippen LogP contribution in [0.15, 0.2) is 36.4 Å². The Hall–Kier alpha value is -3.36. The molecule has 3 amide bonds. The zero-order valence-electron chi connectivity index (χ0n) is 17.0. The molecule has 2 aromatic rings. The van der Waals surface area contributed by atoms with Gasteiger partial charge in [0.1, 0.15) is 11.3 Å². The zero-order chi connectivity index (χ0) is 22.1. The average Bonchev–Trinajstić information content (AvgIpc) is 2.92. The van der Waals surface area contributed by atoms with Gasteiger partial charge in [0.2, 0.25) is 0 Å². The number of hydrogen-bond donors (Lipinski definition) is 1. The van der Waals surface area contributed by atoms with Crippen molar-refractivity contribution in [1.82, 2.24) is 10.2 Å². The van der Waals surface area contributed by atoms with Gasteiger partial charge in [-0.15, -0.1) is 0 Å². The van der Waals surface area contributed by atoms with Crippen LogP contribution in [-0.2, 0) is 16.9 Å². The van der Waals surface area contributed by atoms with Crippen LogP contribution in [-0.4, -0.2) is 37.7 Å². The van der Waals surface area contributed by atoms with Gasteiger partial charge in [-0.1, -0.05) is 12.1 Å². The van der Waals surface area contributed by atoms with E-state index in [9.17, 15) is 18.4 Å². The predicted molar refractivity (Wildman–Crippen MR) is 104 cm³/mol. The summed E-state index contributed by atoms with van der Waals surface area (Å²) in [4.78, 5) is 26.8. The summed E-state index contributed by atoms with van der Waals surface area (Å²) in [6, 6.07) is 8.54. The van der Waals surface area contributed by atoms with Crippen LogP contribution in [0.4, 0.5) is 13.6 Å². The lowest BCUT2D eigenvalue weighted by Crippen LogP contribution is -2.40. The fourth-order valence-corrected chi connectivity index (χ4v) is 3.37. The molecule has 1 aliphatic heterocycles. The van der Waals surface area contributed by atoms with Crippen LogP contribution in [0.25, 0.3) is 0 Å². The van der Waals surface area contributed by atoms with E-state index in [-0.39, 0.29) is 12.3 Å². The number of alkyl halides is 2. The second kappa shape index (κ2) is 8.17. The molecule has 0 unspecified atom stereocenters. The van der Waals surface area contributed by atoms with E-state index >= 15 is 0 Å². The van der Waals surface area contributed by atoms with Gasteiger partial charge in [-0.25, -0.2) is 4.79 Å². The van der Waals surface area contributed by atoms with Crippen LogP contribution in [0, 0.1) is 6.92 Å². The van der Waals surface area contributed by atoms with Gasteiger partial charge in [0.15, 0.2) is 11.5 Å². The van der Waals surface area contributed by atoms with Crippen molar-refractivity contribution in [3.63, 3.8) is 0 Å². The second-order valence-corrected chi connectivity index (χ2v) is 6.98. The van der Waals surface area contributed by atoms with Crippen LogP contribution in [0.2, 0.25) is 0 Å². The SMILES string of the molecule is COc1cc(C)c(CN2C(=O)N[C@](C)(c3ccc(OC(F)F)cc3)C2=O)cc1OC. The first kappa shape index (κ1) is 21.4. The summed E-state index contributed by atoms with van der Waals surface area (Å²) in [5.41, 5.74) is 0.677. The molecule has 1 fully saturated rings. The molecule has 0 aromatic heterocycles. The van der Waals surface area contributed by atoms with Gasteiger partial charge in [-0.3, -0.25) is 9.69 Å². The highest BCUT2D eigenvalue weighted by molar-refractivity contribution is 6.07. The van der Waals surface area contributed by atoms with Gasteiger partial charge >= 0.3 is 12.6 Å². The number of aryl methyl sites for hydroxylation is 1. The van der Waals surface area contributed by atoms with Crippen LogP contribution < -0.4 is 19.5 Å². The van der Waals surface area contributed by atoms with Crippen LogP contribution in [0.5, 0.6) is 17.2 Å². The molecular weight excluding hydrogens is 398 g/mol. The minimum absolute atomic E-state index is 0.0352. The molecule has 2 aromatic carbocycles. The number of urea groups is 1.